The lowest BCUT2D eigenvalue weighted by Crippen LogP contribution is -2.41. The molecule has 4 heteroatoms. The van der Waals surface area contributed by atoms with Gasteiger partial charge >= 0.3 is 0 Å². The smallest absolute Gasteiger partial charge is 0.271 e. The summed E-state index contributed by atoms with van der Waals surface area (Å²) in [4.78, 5) is 2.21. The van der Waals surface area contributed by atoms with E-state index in [-0.39, 0.29) is 5.82 Å². The largest absolute Gasteiger partial charge is 0.346 e. The summed E-state index contributed by atoms with van der Waals surface area (Å²) in [7, 11) is 0. The third kappa shape index (κ3) is 2.42. The second kappa shape index (κ2) is 5.71. The van der Waals surface area contributed by atoms with Gasteiger partial charge in [0.05, 0.1) is 6.54 Å². The first kappa shape index (κ1) is 15.3. The van der Waals surface area contributed by atoms with Crippen LogP contribution in [0, 0.1) is 12.7 Å². The van der Waals surface area contributed by atoms with Gasteiger partial charge in [-0.2, -0.15) is 0 Å². The second-order valence-electron chi connectivity index (χ2n) is 6.77. The lowest BCUT2D eigenvalue weighted by molar-refractivity contribution is -0.661. The SMILES string of the molecule is Cc1ccc(N2C[C@](O)(c3ccc(F)cc3)[N+]3=C2CCCC3)cc1. The van der Waals surface area contributed by atoms with Gasteiger partial charge in [-0.3, -0.25) is 0 Å². The number of hydrogen-bond donors (Lipinski definition) is 1. The molecule has 124 valence electrons. The van der Waals surface area contributed by atoms with Gasteiger partial charge in [0.25, 0.3) is 11.6 Å². The molecular weight excluding hydrogens is 303 g/mol. The second-order valence-corrected chi connectivity index (χ2v) is 6.77. The zero-order valence-corrected chi connectivity index (χ0v) is 13.9. The Labute approximate surface area is 141 Å². The fraction of sp³-hybridized carbons (Fsp3) is 0.350. The van der Waals surface area contributed by atoms with Crippen LogP contribution in [0.4, 0.5) is 10.1 Å². The molecule has 0 aliphatic carbocycles. The fourth-order valence-electron chi connectivity index (χ4n) is 3.82. The molecule has 2 aliphatic rings. The van der Waals surface area contributed by atoms with Crippen molar-refractivity contribution >= 4 is 11.5 Å². The van der Waals surface area contributed by atoms with E-state index in [0.29, 0.717) is 6.54 Å². The summed E-state index contributed by atoms with van der Waals surface area (Å²) in [5.74, 6) is 0.885. The van der Waals surface area contributed by atoms with Gasteiger partial charge in [0.2, 0.25) is 0 Å². The van der Waals surface area contributed by atoms with Crippen LogP contribution in [-0.4, -0.2) is 28.6 Å². The van der Waals surface area contributed by atoms with Crippen LogP contribution in [0.25, 0.3) is 0 Å². The molecule has 0 fully saturated rings. The first-order valence-corrected chi connectivity index (χ1v) is 8.54. The molecule has 0 saturated heterocycles. The summed E-state index contributed by atoms with van der Waals surface area (Å²) in [6.45, 7) is 3.37. The molecule has 0 radical (unpaired) electrons. The molecule has 24 heavy (non-hydrogen) atoms. The van der Waals surface area contributed by atoms with Crippen molar-refractivity contribution in [3.05, 3.63) is 65.5 Å². The van der Waals surface area contributed by atoms with E-state index in [2.05, 4.69) is 40.7 Å². The van der Waals surface area contributed by atoms with Gasteiger partial charge in [0.15, 0.2) is 6.54 Å². The highest BCUT2D eigenvalue weighted by atomic mass is 19.1. The highest BCUT2D eigenvalue weighted by Gasteiger charge is 2.52. The molecule has 0 saturated carbocycles. The van der Waals surface area contributed by atoms with Crippen molar-refractivity contribution in [3.8, 4) is 0 Å². The van der Waals surface area contributed by atoms with E-state index in [4.69, 9.17) is 0 Å². The lowest BCUT2D eigenvalue weighted by atomic mass is 10.0. The number of anilines is 1. The van der Waals surface area contributed by atoms with Crippen molar-refractivity contribution < 1.29 is 14.1 Å². The maximum atomic E-state index is 13.3. The Balaban J connectivity index is 1.78. The number of aryl methyl sites for hydroxylation is 1. The molecule has 1 N–H and O–H groups in total. The van der Waals surface area contributed by atoms with E-state index in [1.807, 2.05) is 0 Å². The van der Waals surface area contributed by atoms with E-state index >= 15 is 0 Å². The van der Waals surface area contributed by atoms with Crippen molar-refractivity contribution in [3.63, 3.8) is 0 Å². The highest BCUT2D eigenvalue weighted by molar-refractivity contribution is 5.96. The third-order valence-electron chi connectivity index (χ3n) is 5.13. The molecular formula is C20H22FN2O+. The molecule has 0 bridgehead atoms. The van der Waals surface area contributed by atoms with Gasteiger partial charge in [-0.1, -0.05) is 17.7 Å². The van der Waals surface area contributed by atoms with Crippen molar-refractivity contribution in [1.82, 2.24) is 0 Å². The molecule has 2 aliphatic heterocycles. The Morgan fingerprint density at radius 1 is 1.04 bits per heavy atom. The minimum Gasteiger partial charge on any atom is -0.346 e. The van der Waals surface area contributed by atoms with E-state index < -0.39 is 5.72 Å². The third-order valence-corrected chi connectivity index (χ3v) is 5.13. The Bertz CT molecular complexity index is 782. The number of amidine groups is 1. The molecule has 4 rings (SSSR count). The average Bonchev–Trinajstić information content (AvgIpc) is 2.91. The first-order valence-electron chi connectivity index (χ1n) is 8.54. The van der Waals surface area contributed by atoms with Gasteiger partial charge in [-0.15, -0.1) is 0 Å². The van der Waals surface area contributed by atoms with Crippen LogP contribution in [0.3, 0.4) is 0 Å². The highest BCUT2D eigenvalue weighted by Crippen LogP contribution is 2.35. The maximum absolute atomic E-state index is 13.3. The van der Waals surface area contributed by atoms with Crippen LogP contribution < -0.4 is 4.90 Å². The Morgan fingerprint density at radius 2 is 1.75 bits per heavy atom. The molecule has 2 aromatic carbocycles. The quantitative estimate of drug-likeness (QED) is 0.857. The predicted octanol–water partition coefficient (Wildman–Crippen LogP) is 3.39. The van der Waals surface area contributed by atoms with Crippen molar-refractivity contribution in [2.45, 2.75) is 31.9 Å². The minimum absolute atomic E-state index is 0.279. The monoisotopic (exact) mass is 325 g/mol. The van der Waals surface area contributed by atoms with Gasteiger partial charge in [-0.05, 0) is 56.2 Å². The summed E-state index contributed by atoms with van der Waals surface area (Å²) in [5.41, 5.74) is 1.96. The van der Waals surface area contributed by atoms with E-state index in [0.717, 1.165) is 42.9 Å². The van der Waals surface area contributed by atoms with Crippen LogP contribution in [0.5, 0.6) is 0 Å². The van der Waals surface area contributed by atoms with Gasteiger partial charge in [0, 0.05) is 12.0 Å². The molecule has 0 aromatic heterocycles. The molecule has 3 nitrogen and oxygen atoms in total. The van der Waals surface area contributed by atoms with Crippen molar-refractivity contribution in [2.75, 3.05) is 18.0 Å². The van der Waals surface area contributed by atoms with Crippen LogP contribution in [0.1, 0.15) is 30.4 Å². The summed E-state index contributed by atoms with van der Waals surface area (Å²) < 4.78 is 15.4. The molecule has 0 spiro atoms. The van der Waals surface area contributed by atoms with E-state index in [1.54, 1.807) is 12.1 Å². The van der Waals surface area contributed by atoms with Crippen LogP contribution >= 0.6 is 0 Å². The standard InChI is InChI=1S/C20H22FN2O/c1-15-5-11-18(12-6-15)22-14-20(24,16-7-9-17(21)10-8-16)23-13-3-2-4-19(22)23/h5-12,24H,2-4,13-14H2,1H3/q+1/t20-/m0/s1. The van der Waals surface area contributed by atoms with Crippen LogP contribution in [0.15, 0.2) is 48.5 Å². The number of benzene rings is 2. The maximum Gasteiger partial charge on any atom is 0.271 e. The fourth-order valence-corrected chi connectivity index (χ4v) is 3.82. The zero-order valence-electron chi connectivity index (χ0n) is 13.9. The van der Waals surface area contributed by atoms with E-state index in [1.165, 1.54) is 17.7 Å². The van der Waals surface area contributed by atoms with Crippen LogP contribution in [-0.2, 0) is 5.72 Å². The molecule has 0 amide bonds. The average molecular weight is 325 g/mol. The Morgan fingerprint density at radius 3 is 2.46 bits per heavy atom. The molecule has 2 heterocycles. The predicted molar refractivity (Wildman–Crippen MR) is 92.8 cm³/mol. The summed E-state index contributed by atoms with van der Waals surface area (Å²) in [6.07, 6.45) is 3.15. The Hall–Kier alpha value is -2.20. The number of β-amino-alcohol motifs (C(OH)–C–C–N with tert-alkyl or cyclic N) is 1. The first-order chi connectivity index (χ1) is 11.6. The molecule has 0 unspecified atom stereocenters. The molecule has 2 aromatic rings. The summed E-state index contributed by atoms with van der Waals surface area (Å²) >= 11 is 0. The summed E-state index contributed by atoms with van der Waals surface area (Å²) in [5, 5.41) is 11.5. The van der Waals surface area contributed by atoms with Gasteiger partial charge < -0.3 is 5.11 Å². The Kier molecular flexibility index (Phi) is 3.65. The minimum atomic E-state index is -1.10. The number of hydrogen-bond acceptors (Lipinski definition) is 2. The van der Waals surface area contributed by atoms with E-state index in [9.17, 15) is 9.50 Å². The topological polar surface area (TPSA) is 26.5 Å². The van der Waals surface area contributed by atoms with Gasteiger partial charge in [0.1, 0.15) is 11.5 Å². The zero-order chi connectivity index (χ0) is 16.7. The normalized spacial score (nSPS) is 23.5. The van der Waals surface area contributed by atoms with Gasteiger partial charge in [-0.25, -0.2) is 13.9 Å². The van der Waals surface area contributed by atoms with Crippen LogP contribution in [0.2, 0.25) is 0 Å². The number of aliphatic hydroxyl groups is 1. The number of nitrogens with zero attached hydrogens (tertiary/aromatic N) is 2. The number of rotatable bonds is 2. The van der Waals surface area contributed by atoms with Crippen molar-refractivity contribution in [1.29, 1.82) is 0 Å². The lowest BCUT2D eigenvalue weighted by Gasteiger charge is -2.24. The van der Waals surface area contributed by atoms with Crippen molar-refractivity contribution in [2.24, 2.45) is 0 Å². The molecule has 1 atom stereocenters. The number of halogens is 1. The summed E-state index contributed by atoms with van der Waals surface area (Å²) in [6, 6.07) is 14.6.